The number of nitrogens with two attached hydrogens (primary N) is 1. The van der Waals surface area contributed by atoms with Gasteiger partial charge in [0.1, 0.15) is 13.2 Å². The van der Waals surface area contributed by atoms with Gasteiger partial charge in [0, 0.05) is 0 Å². The Morgan fingerprint density at radius 1 is 1.09 bits per heavy atom. The van der Waals surface area contributed by atoms with Crippen molar-refractivity contribution in [2.75, 3.05) is 27.4 Å². The molecule has 0 aromatic heterocycles. The number of amidine groups is 1. The quantitative estimate of drug-likeness (QED) is 0.279. The highest BCUT2D eigenvalue weighted by atomic mass is 79.9. The Labute approximate surface area is 199 Å². The Bertz CT molecular complexity index is 1080. The lowest BCUT2D eigenvalue weighted by Crippen LogP contribution is -2.10. The highest BCUT2D eigenvalue weighted by molar-refractivity contribution is 9.10. The van der Waals surface area contributed by atoms with Gasteiger partial charge in [-0.15, -0.1) is 6.58 Å². The molecule has 0 atom stereocenters. The number of thioether (sulfide) groups is 1. The number of aliphatic imine (C=N–C) groups is 1. The van der Waals surface area contributed by atoms with Crippen LogP contribution < -0.4 is 24.7 Å². The smallest absolute Gasteiger partial charge is 0.286 e. The maximum Gasteiger partial charge on any atom is 0.286 e. The number of amides is 1. The number of rotatable bonds is 10. The largest absolute Gasteiger partial charge is 0.493 e. The Kier molecular flexibility index (Phi) is 8.24. The van der Waals surface area contributed by atoms with Crippen LogP contribution in [0.5, 0.6) is 23.0 Å². The summed E-state index contributed by atoms with van der Waals surface area (Å²) in [6.45, 7) is 4.34. The summed E-state index contributed by atoms with van der Waals surface area (Å²) in [7, 11) is 3.15. The zero-order valence-electron chi connectivity index (χ0n) is 17.7. The van der Waals surface area contributed by atoms with E-state index in [9.17, 15) is 4.79 Å². The van der Waals surface area contributed by atoms with E-state index < -0.39 is 0 Å². The van der Waals surface area contributed by atoms with Crippen molar-refractivity contribution in [3.63, 3.8) is 0 Å². The lowest BCUT2D eigenvalue weighted by Gasteiger charge is -2.15. The Hall–Kier alpha value is -2.91. The van der Waals surface area contributed by atoms with Gasteiger partial charge in [-0.25, -0.2) is 0 Å². The molecule has 2 aromatic carbocycles. The van der Waals surface area contributed by atoms with Crippen molar-refractivity contribution < 1.29 is 23.7 Å². The lowest BCUT2D eigenvalue weighted by molar-refractivity contribution is -0.113. The summed E-state index contributed by atoms with van der Waals surface area (Å²) in [6, 6.07) is 9.37. The second kappa shape index (κ2) is 11.1. The van der Waals surface area contributed by atoms with Crippen LogP contribution in [0.15, 0.2) is 57.4 Å². The van der Waals surface area contributed by atoms with E-state index in [0.29, 0.717) is 39.0 Å². The van der Waals surface area contributed by atoms with Crippen LogP contribution in [-0.2, 0) is 11.2 Å². The van der Waals surface area contributed by atoms with Gasteiger partial charge < -0.3 is 24.7 Å². The van der Waals surface area contributed by atoms with Crippen molar-refractivity contribution in [2.24, 2.45) is 10.7 Å². The van der Waals surface area contributed by atoms with Crippen LogP contribution in [0.25, 0.3) is 6.08 Å². The fraction of sp³-hybridized carbons (Fsp3) is 0.217. The Morgan fingerprint density at radius 3 is 2.50 bits per heavy atom. The molecular weight excluding hydrogens is 496 g/mol. The van der Waals surface area contributed by atoms with Crippen LogP contribution in [0.1, 0.15) is 11.1 Å². The molecule has 0 aliphatic carbocycles. The number of nitrogens with zero attached hydrogens (tertiary/aromatic N) is 1. The molecular formula is C23H23BrN2O5S. The van der Waals surface area contributed by atoms with E-state index in [1.165, 1.54) is 0 Å². The monoisotopic (exact) mass is 518 g/mol. The molecule has 7 nitrogen and oxygen atoms in total. The van der Waals surface area contributed by atoms with Crippen molar-refractivity contribution in [3.8, 4) is 23.0 Å². The van der Waals surface area contributed by atoms with Crippen molar-refractivity contribution >= 4 is 44.8 Å². The predicted octanol–water partition coefficient (Wildman–Crippen LogP) is 4.58. The molecule has 0 radical (unpaired) electrons. The number of halogens is 1. The number of methoxy groups -OCH3 is 2. The van der Waals surface area contributed by atoms with E-state index in [1.807, 2.05) is 30.3 Å². The molecule has 1 aliphatic rings. The topological polar surface area (TPSA) is 92.4 Å². The molecule has 0 unspecified atom stereocenters. The molecule has 0 fully saturated rings. The van der Waals surface area contributed by atoms with Crippen LogP contribution in [0.3, 0.4) is 0 Å². The summed E-state index contributed by atoms with van der Waals surface area (Å²) in [5.74, 6) is 1.99. The van der Waals surface area contributed by atoms with E-state index in [1.54, 1.807) is 26.4 Å². The van der Waals surface area contributed by atoms with Gasteiger partial charge in [0.15, 0.2) is 28.2 Å². The van der Waals surface area contributed by atoms with Gasteiger partial charge in [-0.1, -0.05) is 12.1 Å². The third kappa shape index (κ3) is 5.86. The van der Waals surface area contributed by atoms with Crippen molar-refractivity contribution in [3.05, 3.63) is 63.5 Å². The first-order chi connectivity index (χ1) is 15.4. The molecule has 32 heavy (non-hydrogen) atoms. The molecule has 0 saturated carbocycles. The molecule has 0 saturated heterocycles. The maximum absolute atomic E-state index is 11.8. The minimum Gasteiger partial charge on any atom is -0.493 e. The number of benzene rings is 2. The first-order valence-corrected chi connectivity index (χ1v) is 11.2. The van der Waals surface area contributed by atoms with E-state index in [0.717, 1.165) is 29.3 Å². The molecule has 2 aromatic rings. The molecule has 9 heteroatoms. The zero-order valence-corrected chi connectivity index (χ0v) is 20.1. The van der Waals surface area contributed by atoms with Gasteiger partial charge in [0.25, 0.3) is 5.91 Å². The summed E-state index contributed by atoms with van der Waals surface area (Å²) in [6.07, 6.45) is 4.30. The Morgan fingerprint density at radius 2 is 1.84 bits per heavy atom. The van der Waals surface area contributed by atoms with Crippen LogP contribution in [0.4, 0.5) is 0 Å². The van der Waals surface area contributed by atoms with Crippen molar-refractivity contribution in [1.29, 1.82) is 0 Å². The summed E-state index contributed by atoms with van der Waals surface area (Å²) in [5, 5.41) is 0.235. The fourth-order valence-corrected chi connectivity index (χ4v) is 4.22. The van der Waals surface area contributed by atoms with Gasteiger partial charge in [0.05, 0.1) is 23.6 Å². The average molecular weight is 519 g/mol. The van der Waals surface area contributed by atoms with Crippen LogP contribution >= 0.6 is 27.7 Å². The first-order valence-electron chi connectivity index (χ1n) is 9.64. The standard InChI is InChI=1S/C23H23BrN2O5S/c1-4-5-14-6-7-17(18(11-14)28-2)30-8-9-31-21-16(24)10-15(12-19(21)29-3)13-20-22(27)26-23(25)32-20/h4,6-7,10-13H,1,5,8-9H2,2-3H3,(H2,25,26,27)/b20-13+. The minimum atomic E-state index is -0.354. The van der Waals surface area contributed by atoms with Gasteiger partial charge in [-0.05, 0) is 75.6 Å². The highest BCUT2D eigenvalue weighted by Crippen LogP contribution is 2.38. The molecule has 2 N–H and O–H groups in total. The number of ether oxygens (including phenoxy) is 4. The number of carbonyl (C=O) groups is 1. The fourth-order valence-electron chi connectivity index (χ4n) is 2.96. The maximum atomic E-state index is 11.8. The first kappa shape index (κ1) is 23.7. The second-order valence-corrected chi connectivity index (χ2v) is 8.49. The lowest BCUT2D eigenvalue weighted by atomic mass is 10.1. The highest BCUT2D eigenvalue weighted by Gasteiger charge is 2.20. The number of carbonyl (C=O) groups excluding carboxylic acids is 1. The minimum absolute atomic E-state index is 0.235. The molecule has 0 bridgehead atoms. The van der Waals surface area contributed by atoms with Crippen LogP contribution in [-0.4, -0.2) is 38.5 Å². The van der Waals surface area contributed by atoms with Crippen molar-refractivity contribution in [2.45, 2.75) is 6.42 Å². The SMILES string of the molecule is C=CCc1ccc(OCCOc2c(Br)cc(/C=C3/SC(N)=NC3=O)cc2OC)c(OC)c1. The molecule has 168 valence electrons. The zero-order chi connectivity index (χ0) is 23.1. The van der Waals surface area contributed by atoms with Crippen LogP contribution in [0.2, 0.25) is 0 Å². The van der Waals surface area contributed by atoms with E-state index in [2.05, 4.69) is 27.5 Å². The predicted molar refractivity (Wildman–Crippen MR) is 131 cm³/mol. The van der Waals surface area contributed by atoms with Crippen molar-refractivity contribution in [1.82, 2.24) is 0 Å². The summed E-state index contributed by atoms with van der Waals surface area (Å²) >= 11 is 4.64. The summed E-state index contributed by atoms with van der Waals surface area (Å²) in [4.78, 5) is 16.0. The van der Waals surface area contributed by atoms with E-state index in [-0.39, 0.29) is 17.7 Å². The number of hydrogen-bond donors (Lipinski definition) is 1. The second-order valence-electron chi connectivity index (χ2n) is 6.57. The molecule has 1 heterocycles. The third-order valence-corrected chi connectivity index (χ3v) is 5.78. The summed E-state index contributed by atoms with van der Waals surface area (Å²) < 4.78 is 23.3. The van der Waals surface area contributed by atoms with Gasteiger partial charge >= 0.3 is 0 Å². The molecule has 3 rings (SSSR count). The summed E-state index contributed by atoms with van der Waals surface area (Å²) in [5.41, 5.74) is 7.45. The molecule has 1 aliphatic heterocycles. The third-order valence-electron chi connectivity index (χ3n) is 4.38. The van der Waals surface area contributed by atoms with Crippen LogP contribution in [0, 0.1) is 0 Å². The van der Waals surface area contributed by atoms with Gasteiger partial charge in [-0.2, -0.15) is 4.99 Å². The van der Waals surface area contributed by atoms with E-state index in [4.69, 9.17) is 24.7 Å². The number of allylic oxidation sites excluding steroid dienone is 1. The van der Waals surface area contributed by atoms with E-state index >= 15 is 0 Å². The Balaban J connectivity index is 1.65. The van der Waals surface area contributed by atoms with Gasteiger partial charge in [-0.3, -0.25) is 4.79 Å². The normalized spacial score (nSPS) is 14.3. The number of hydrogen-bond acceptors (Lipinski definition) is 7. The average Bonchev–Trinajstić information content (AvgIpc) is 3.09. The van der Waals surface area contributed by atoms with Gasteiger partial charge in [0.2, 0.25) is 0 Å². The molecule has 0 spiro atoms. The molecule has 1 amide bonds.